The van der Waals surface area contributed by atoms with Gasteiger partial charge in [-0.25, -0.2) is 4.39 Å². The van der Waals surface area contributed by atoms with E-state index in [9.17, 15) is 4.39 Å². The van der Waals surface area contributed by atoms with Gasteiger partial charge < -0.3 is 14.7 Å². The van der Waals surface area contributed by atoms with Crippen LogP contribution in [0.5, 0.6) is 0 Å². The lowest BCUT2D eigenvalue weighted by molar-refractivity contribution is 0.192. The second kappa shape index (κ2) is 7.94. The summed E-state index contributed by atoms with van der Waals surface area (Å²) in [5, 5.41) is 0. The van der Waals surface area contributed by atoms with Gasteiger partial charge >= 0.3 is 0 Å². The van der Waals surface area contributed by atoms with Gasteiger partial charge in [0.25, 0.3) is 0 Å². The van der Waals surface area contributed by atoms with Crippen molar-refractivity contribution in [1.82, 2.24) is 4.90 Å². The predicted molar refractivity (Wildman–Crippen MR) is 123 cm³/mol. The third-order valence-electron chi connectivity index (χ3n) is 7.19. The van der Waals surface area contributed by atoms with Gasteiger partial charge in [-0.15, -0.1) is 5.73 Å². The fourth-order valence-electron chi connectivity index (χ4n) is 5.64. The zero-order valence-electron chi connectivity index (χ0n) is 17.8. The van der Waals surface area contributed by atoms with Crippen LogP contribution < -0.4 is 9.80 Å². The van der Waals surface area contributed by atoms with Crippen LogP contribution in [0.3, 0.4) is 0 Å². The molecule has 0 N–H and O–H groups in total. The minimum absolute atomic E-state index is 0.200. The van der Waals surface area contributed by atoms with Crippen molar-refractivity contribution in [3.05, 3.63) is 71.7 Å². The molecule has 4 heteroatoms. The molecule has 0 bridgehead atoms. The zero-order valence-corrected chi connectivity index (χ0v) is 17.8. The molecule has 2 aromatic rings. The van der Waals surface area contributed by atoms with Crippen molar-refractivity contribution < 1.29 is 4.39 Å². The maximum atomic E-state index is 13.2. The van der Waals surface area contributed by atoms with Gasteiger partial charge in [0.15, 0.2) is 0 Å². The number of halogens is 1. The summed E-state index contributed by atoms with van der Waals surface area (Å²) in [6, 6.07) is 14.2. The molecule has 5 rings (SSSR count). The van der Waals surface area contributed by atoms with Crippen molar-refractivity contribution in [1.29, 1.82) is 0 Å². The summed E-state index contributed by atoms with van der Waals surface area (Å²) in [4.78, 5) is 7.73. The highest BCUT2D eigenvalue weighted by Crippen LogP contribution is 2.50. The van der Waals surface area contributed by atoms with Gasteiger partial charge in [-0.3, -0.25) is 0 Å². The van der Waals surface area contributed by atoms with E-state index in [0.29, 0.717) is 12.0 Å². The van der Waals surface area contributed by atoms with Gasteiger partial charge in [0.1, 0.15) is 5.82 Å². The third kappa shape index (κ3) is 3.34. The number of benzene rings is 2. The molecule has 0 unspecified atom stereocenters. The van der Waals surface area contributed by atoms with E-state index in [4.69, 9.17) is 0 Å². The lowest BCUT2D eigenvalue weighted by Crippen LogP contribution is -2.49. The Kier molecular flexibility index (Phi) is 5.14. The fraction of sp³-hybridized carbons (Fsp3) is 0.423. The summed E-state index contributed by atoms with van der Waals surface area (Å²) >= 11 is 0. The zero-order chi connectivity index (χ0) is 20.7. The quantitative estimate of drug-likeness (QED) is 0.658. The van der Waals surface area contributed by atoms with E-state index in [1.807, 2.05) is 12.1 Å². The van der Waals surface area contributed by atoms with Gasteiger partial charge in [-0.05, 0) is 55.1 Å². The monoisotopic (exact) mass is 403 g/mol. The van der Waals surface area contributed by atoms with E-state index in [0.717, 1.165) is 50.2 Å². The number of fused-ring (bicyclic) bond motifs is 3. The van der Waals surface area contributed by atoms with E-state index in [1.165, 1.54) is 36.5 Å². The standard InChI is InChI=1S/C26H30FN3/c1-3-19(20-9-11-21(27)12-10-20)6-5-14-29-15-13-24-23(18-29)22-7-4-8-25-26(22)30(24)17-16-28(25)2/h4,7-12,23-24H,1,5-6,13-18H2,2H3/t23-,24-/m0/s1. The largest absolute Gasteiger partial charge is 0.371 e. The third-order valence-corrected chi connectivity index (χ3v) is 7.19. The van der Waals surface area contributed by atoms with Crippen LogP contribution in [0, 0.1) is 5.82 Å². The van der Waals surface area contributed by atoms with Crippen LogP contribution >= 0.6 is 0 Å². The summed E-state index contributed by atoms with van der Waals surface area (Å²) in [5.41, 5.74) is 9.63. The maximum Gasteiger partial charge on any atom is 0.123 e. The first-order valence-electron chi connectivity index (χ1n) is 11.1. The molecular weight excluding hydrogens is 373 g/mol. The van der Waals surface area contributed by atoms with Gasteiger partial charge in [0.05, 0.1) is 11.4 Å². The molecular formula is C26H30FN3. The molecule has 2 atom stereocenters. The second-order valence-electron chi connectivity index (χ2n) is 8.86. The lowest BCUT2D eigenvalue weighted by atomic mass is 9.89. The molecule has 0 amide bonds. The molecule has 0 aromatic heterocycles. The van der Waals surface area contributed by atoms with E-state index >= 15 is 0 Å². The SMILES string of the molecule is C=C=C(CCCN1CC[C@H]2[C@@H](C1)c1cccc3c1N2CCN3C)c1ccc(F)cc1. The van der Waals surface area contributed by atoms with Crippen LogP contribution in [0.15, 0.2) is 54.8 Å². The first-order valence-corrected chi connectivity index (χ1v) is 11.1. The van der Waals surface area contributed by atoms with Crippen LogP contribution in [-0.4, -0.2) is 50.7 Å². The van der Waals surface area contributed by atoms with Crippen molar-refractivity contribution in [2.45, 2.75) is 31.2 Å². The van der Waals surface area contributed by atoms with Crippen molar-refractivity contribution >= 4 is 16.9 Å². The molecule has 30 heavy (non-hydrogen) atoms. The normalized spacial score (nSPS) is 22.5. The van der Waals surface area contributed by atoms with Crippen LogP contribution in [0.2, 0.25) is 0 Å². The van der Waals surface area contributed by atoms with E-state index < -0.39 is 0 Å². The van der Waals surface area contributed by atoms with Gasteiger partial charge in [-0.2, -0.15) is 0 Å². The summed E-state index contributed by atoms with van der Waals surface area (Å²) in [7, 11) is 2.22. The highest BCUT2D eigenvalue weighted by molar-refractivity contribution is 5.80. The van der Waals surface area contributed by atoms with E-state index in [2.05, 4.69) is 52.3 Å². The molecule has 0 saturated carbocycles. The number of likely N-dealkylation sites (N-methyl/N-ethyl adjacent to an activating group) is 1. The molecule has 1 saturated heterocycles. The number of piperidine rings is 1. The smallest absolute Gasteiger partial charge is 0.123 e. The molecule has 2 aromatic carbocycles. The molecule has 3 aliphatic rings. The molecule has 0 aliphatic carbocycles. The number of hydrogen-bond acceptors (Lipinski definition) is 3. The number of hydrogen-bond donors (Lipinski definition) is 0. The van der Waals surface area contributed by atoms with E-state index in [1.54, 1.807) is 5.56 Å². The van der Waals surface area contributed by atoms with Gasteiger partial charge in [-0.1, -0.05) is 30.8 Å². The predicted octanol–water partition coefficient (Wildman–Crippen LogP) is 4.90. The van der Waals surface area contributed by atoms with Crippen LogP contribution in [0.25, 0.3) is 5.57 Å². The minimum Gasteiger partial charge on any atom is -0.371 e. The van der Waals surface area contributed by atoms with Crippen molar-refractivity contribution in [3.63, 3.8) is 0 Å². The molecule has 1 fully saturated rings. The number of anilines is 2. The Labute approximate surface area is 179 Å². The Balaban J connectivity index is 1.24. The average molecular weight is 404 g/mol. The van der Waals surface area contributed by atoms with Crippen molar-refractivity contribution in [2.75, 3.05) is 49.6 Å². The number of allylic oxidation sites excluding steroid dienone is 1. The molecule has 3 aliphatic heterocycles. The Bertz CT molecular complexity index is 976. The number of nitrogens with zero attached hydrogens (tertiary/aromatic N) is 3. The molecule has 3 nitrogen and oxygen atoms in total. The second-order valence-corrected chi connectivity index (χ2v) is 8.86. The average Bonchev–Trinajstić information content (AvgIpc) is 3.09. The van der Waals surface area contributed by atoms with Crippen molar-refractivity contribution in [3.8, 4) is 0 Å². The first kappa shape index (κ1) is 19.4. The topological polar surface area (TPSA) is 9.72 Å². The highest BCUT2D eigenvalue weighted by Gasteiger charge is 2.44. The fourth-order valence-corrected chi connectivity index (χ4v) is 5.64. The summed E-state index contributed by atoms with van der Waals surface area (Å²) < 4.78 is 13.2. The minimum atomic E-state index is -0.200. The Morgan fingerprint density at radius 3 is 2.77 bits per heavy atom. The van der Waals surface area contributed by atoms with Gasteiger partial charge in [0, 0.05) is 50.8 Å². The van der Waals surface area contributed by atoms with Crippen molar-refractivity contribution in [2.24, 2.45) is 0 Å². The Hall–Kier alpha value is -2.55. The van der Waals surface area contributed by atoms with Crippen LogP contribution in [0.4, 0.5) is 15.8 Å². The summed E-state index contributed by atoms with van der Waals surface area (Å²) in [6.07, 6.45) is 3.24. The van der Waals surface area contributed by atoms with Crippen LogP contribution in [-0.2, 0) is 0 Å². The van der Waals surface area contributed by atoms with E-state index in [-0.39, 0.29) is 5.82 Å². The van der Waals surface area contributed by atoms with Crippen LogP contribution in [0.1, 0.15) is 36.3 Å². The summed E-state index contributed by atoms with van der Waals surface area (Å²) in [6.45, 7) is 9.51. The van der Waals surface area contributed by atoms with Gasteiger partial charge in [0.2, 0.25) is 0 Å². The number of likely N-dealkylation sites (tertiary alicyclic amines) is 1. The first-order chi connectivity index (χ1) is 14.7. The molecule has 0 spiro atoms. The Morgan fingerprint density at radius 1 is 1.13 bits per heavy atom. The molecule has 0 radical (unpaired) electrons. The maximum absolute atomic E-state index is 13.2. The lowest BCUT2D eigenvalue weighted by Gasteiger charge is -2.41. The number of rotatable bonds is 5. The highest BCUT2D eigenvalue weighted by atomic mass is 19.1. The molecule has 156 valence electrons. The number of para-hydroxylation sites is 1. The molecule has 3 heterocycles. The Morgan fingerprint density at radius 2 is 1.97 bits per heavy atom. The summed E-state index contributed by atoms with van der Waals surface area (Å²) in [5.74, 6) is 0.418.